The molecule has 2 aromatic rings. The van der Waals surface area contributed by atoms with Crippen molar-refractivity contribution >= 4 is 5.97 Å². The molecule has 0 aliphatic heterocycles. The first-order valence-electron chi connectivity index (χ1n) is 5.81. The number of aryl methyl sites for hydroxylation is 3. The number of hydrogen-bond donors (Lipinski definition) is 1. The Morgan fingerprint density at radius 1 is 1.28 bits per heavy atom. The Morgan fingerprint density at radius 2 is 2.00 bits per heavy atom. The number of aliphatic carboxylic acids is 1. The topological polar surface area (TPSA) is 55.1 Å². The van der Waals surface area contributed by atoms with Crippen LogP contribution in [0.2, 0.25) is 0 Å². The maximum Gasteiger partial charge on any atom is 0.325 e. The van der Waals surface area contributed by atoms with Gasteiger partial charge in [-0.3, -0.25) is 9.48 Å². The van der Waals surface area contributed by atoms with Crippen LogP contribution in [0.5, 0.6) is 0 Å². The number of hydrogen-bond acceptors (Lipinski definition) is 2. The van der Waals surface area contributed by atoms with Gasteiger partial charge in [-0.1, -0.05) is 18.2 Å². The summed E-state index contributed by atoms with van der Waals surface area (Å²) in [5.41, 5.74) is 5.37. The molecule has 0 fully saturated rings. The molecule has 0 bridgehead atoms. The van der Waals surface area contributed by atoms with E-state index in [1.165, 1.54) is 15.8 Å². The van der Waals surface area contributed by atoms with Crippen LogP contribution in [0.4, 0.5) is 0 Å². The van der Waals surface area contributed by atoms with Crippen molar-refractivity contribution in [2.45, 2.75) is 27.3 Å². The second kappa shape index (κ2) is 4.64. The molecular formula is C14H16N2O2. The Kier molecular flexibility index (Phi) is 3.19. The van der Waals surface area contributed by atoms with E-state index in [0.717, 1.165) is 16.8 Å². The molecule has 4 nitrogen and oxygen atoms in total. The minimum absolute atomic E-state index is 0.105. The molecule has 0 amide bonds. The van der Waals surface area contributed by atoms with Crippen molar-refractivity contribution in [1.29, 1.82) is 0 Å². The largest absolute Gasteiger partial charge is 0.480 e. The summed E-state index contributed by atoms with van der Waals surface area (Å²) in [7, 11) is 0. The first kappa shape index (κ1) is 12.4. The molecular weight excluding hydrogens is 228 g/mol. The zero-order chi connectivity index (χ0) is 13.3. The van der Waals surface area contributed by atoms with Crippen molar-refractivity contribution in [3.8, 4) is 11.1 Å². The van der Waals surface area contributed by atoms with E-state index in [9.17, 15) is 4.79 Å². The Morgan fingerprint density at radius 3 is 2.61 bits per heavy atom. The van der Waals surface area contributed by atoms with Gasteiger partial charge in [-0.2, -0.15) is 5.10 Å². The average Bonchev–Trinajstić information content (AvgIpc) is 2.62. The van der Waals surface area contributed by atoms with Crippen LogP contribution in [0.25, 0.3) is 11.1 Å². The number of carboxylic acids is 1. The summed E-state index contributed by atoms with van der Waals surface area (Å²) < 4.78 is 1.46. The molecule has 0 radical (unpaired) electrons. The zero-order valence-corrected chi connectivity index (χ0v) is 10.8. The number of aromatic nitrogens is 2. The Hall–Kier alpha value is -2.10. The molecule has 4 heteroatoms. The quantitative estimate of drug-likeness (QED) is 0.902. The number of carboxylic acid groups (broad SMARTS) is 1. The van der Waals surface area contributed by atoms with Gasteiger partial charge < -0.3 is 5.11 Å². The maximum atomic E-state index is 10.7. The third-order valence-electron chi connectivity index (χ3n) is 3.06. The van der Waals surface area contributed by atoms with Crippen molar-refractivity contribution in [2.75, 3.05) is 0 Å². The standard InChI is InChI=1S/C14H16N2O2/c1-9-4-5-12(6-10(9)2)13-7-16(8-14(17)18)15-11(13)3/h4-7H,8H2,1-3H3,(H,17,18). The summed E-state index contributed by atoms with van der Waals surface area (Å²) >= 11 is 0. The van der Waals surface area contributed by atoms with Crippen LogP contribution in [-0.2, 0) is 11.3 Å². The van der Waals surface area contributed by atoms with Crippen LogP contribution >= 0.6 is 0 Å². The smallest absolute Gasteiger partial charge is 0.325 e. The van der Waals surface area contributed by atoms with E-state index in [4.69, 9.17) is 5.11 Å². The summed E-state index contributed by atoms with van der Waals surface area (Å²) in [4.78, 5) is 10.7. The molecule has 0 saturated heterocycles. The minimum Gasteiger partial charge on any atom is -0.480 e. The molecule has 1 N–H and O–H groups in total. The van der Waals surface area contributed by atoms with Crippen molar-refractivity contribution in [3.05, 3.63) is 41.2 Å². The summed E-state index contributed by atoms with van der Waals surface area (Å²) in [5, 5.41) is 13.0. The van der Waals surface area contributed by atoms with E-state index in [1.54, 1.807) is 6.20 Å². The van der Waals surface area contributed by atoms with Gasteiger partial charge in [-0.15, -0.1) is 0 Å². The van der Waals surface area contributed by atoms with E-state index in [0.29, 0.717) is 0 Å². The lowest BCUT2D eigenvalue weighted by Gasteiger charge is -2.03. The molecule has 0 spiro atoms. The molecule has 1 aromatic carbocycles. The first-order chi connectivity index (χ1) is 8.47. The third-order valence-corrected chi connectivity index (χ3v) is 3.06. The van der Waals surface area contributed by atoms with E-state index in [1.807, 2.05) is 13.0 Å². The lowest BCUT2D eigenvalue weighted by atomic mass is 10.0. The number of carbonyl (C=O) groups is 1. The highest BCUT2D eigenvalue weighted by Crippen LogP contribution is 2.24. The highest BCUT2D eigenvalue weighted by atomic mass is 16.4. The van der Waals surface area contributed by atoms with Gasteiger partial charge >= 0.3 is 5.97 Å². The Labute approximate surface area is 106 Å². The van der Waals surface area contributed by atoms with Crippen LogP contribution in [0, 0.1) is 20.8 Å². The van der Waals surface area contributed by atoms with Crippen molar-refractivity contribution in [1.82, 2.24) is 9.78 Å². The van der Waals surface area contributed by atoms with Gasteiger partial charge in [-0.05, 0) is 37.5 Å². The van der Waals surface area contributed by atoms with Gasteiger partial charge in [0, 0.05) is 11.8 Å². The maximum absolute atomic E-state index is 10.7. The highest BCUT2D eigenvalue weighted by Gasteiger charge is 2.09. The van der Waals surface area contributed by atoms with Crippen molar-refractivity contribution < 1.29 is 9.90 Å². The molecule has 0 aliphatic rings. The molecule has 0 saturated carbocycles. The van der Waals surface area contributed by atoms with Crippen molar-refractivity contribution in [3.63, 3.8) is 0 Å². The summed E-state index contributed by atoms with van der Waals surface area (Å²) in [6.07, 6.45) is 1.79. The second-order valence-corrected chi connectivity index (χ2v) is 4.52. The minimum atomic E-state index is -0.885. The molecule has 0 atom stereocenters. The third kappa shape index (κ3) is 2.42. The fraction of sp³-hybridized carbons (Fsp3) is 0.286. The monoisotopic (exact) mass is 244 g/mol. The Bertz CT molecular complexity index is 600. The second-order valence-electron chi connectivity index (χ2n) is 4.52. The van der Waals surface area contributed by atoms with Gasteiger partial charge in [-0.25, -0.2) is 0 Å². The molecule has 1 heterocycles. The molecule has 2 rings (SSSR count). The van der Waals surface area contributed by atoms with Gasteiger partial charge in [0.05, 0.1) is 5.69 Å². The van der Waals surface area contributed by atoms with E-state index in [-0.39, 0.29) is 6.54 Å². The summed E-state index contributed by atoms with van der Waals surface area (Å²) in [6.45, 7) is 5.92. The lowest BCUT2D eigenvalue weighted by Crippen LogP contribution is -2.08. The molecule has 0 aliphatic carbocycles. The molecule has 18 heavy (non-hydrogen) atoms. The van der Waals surface area contributed by atoms with Crippen LogP contribution in [0.15, 0.2) is 24.4 Å². The fourth-order valence-corrected chi connectivity index (χ4v) is 1.93. The molecule has 94 valence electrons. The van der Waals surface area contributed by atoms with Crippen molar-refractivity contribution in [2.24, 2.45) is 0 Å². The number of nitrogens with zero attached hydrogens (tertiary/aromatic N) is 2. The normalized spacial score (nSPS) is 10.6. The fourth-order valence-electron chi connectivity index (χ4n) is 1.93. The van der Waals surface area contributed by atoms with Gasteiger partial charge in [0.15, 0.2) is 0 Å². The highest BCUT2D eigenvalue weighted by molar-refractivity contribution is 5.69. The van der Waals surface area contributed by atoms with Crippen LogP contribution in [0.3, 0.4) is 0 Å². The number of rotatable bonds is 3. The summed E-state index contributed by atoms with van der Waals surface area (Å²) in [6, 6.07) is 6.21. The van der Waals surface area contributed by atoms with Crippen LogP contribution < -0.4 is 0 Å². The van der Waals surface area contributed by atoms with Gasteiger partial charge in [0.2, 0.25) is 0 Å². The van der Waals surface area contributed by atoms with E-state index >= 15 is 0 Å². The first-order valence-corrected chi connectivity index (χ1v) is 5.81. The number of benzene rings is 1. The van der Waals surface area contributed by atoms with E-state index < -0.39 is 5.97 Å². The predicted octanol–water partition coefficient (Wildman–Crippen LogP) is 2.56. The average molecular weight is 244 g/mol. The van der Waals surface area contributed by atoms with Gasteiger partial charge in [0.25, 0.3) is 0 Å². The molecule has 1 aromatic heterocycles. The molecule has 0 unspecified atom stereocenters. The van der Waals surface area contributed by atoms with E-state index in [2.05, 4.69) is 31.1 Å². The Balaban J connectivity index is 2.41. The van der Waals surface area contributed by atoms with Crippen LogP contribution in [-0.4, -0.2) is 20.9 Å². The van der Waals surface area contributed by atoms with Gasteiger partial charge in [0.1, 0.15) is 6.54 Å². The summed E-state index contributed by atoms with van der Waals surface area (Å²) in [5.74, 6) is -0.885. The SMILES string of the molecule is Cc1ccc(-c2cn(CC(=O)O)nc2C)cc1C. The zero-order valence-electron chi connectivity index (χ0n) is 10.8. The van der Waals surface area contributed by atoms with Crippen LogP contribution in [0.1, 0.15) is 16.8 Å². The predicted molar refractivity (Wildman–Crippen MR) is 69.5 cm³/mol. The lowest BCUT2D eigenvalue weighted by molar-refractivity contribution is -0.137.